The van der Waals surface area contributed by atoms with Gasteiger partial charge >= 0.3 is 5.97 Å². The number of fused-ring (bicyclic) bond motifs is 1. The van der Waals surface area contributed by atoms with Crippen molar-refractivity contribution in [1.29, 1.82) is 0 Å². The van der Waals surface area contributed by atoms with Gasteiger partial charge in [0, 0.05) is 32.6 Å². The summed E-state index contributed by atoms with van der Waals surface area (Å²) in [5.74, 6) is -1.11. The van der Waals surface area contributed by atoms with Gasteiger partial charge in [-0.05, 0) is 60.7 Å². The van der Waals surface area contributed by atoms with Gasteiger partial charge in [-0.3, -0.25) is 4.79 Å². The van der Waals surface area contributed by atoms with Crippen LogP contribution in [-0.4, -0.2) is 15.6 Å². The van der Waals surface area contributed by atoms with E-state index >= 15 is 0 Å². The molecule has 5 heteroatoms. The molecule has 3 aromatic rings. The summed E-state index contributed by atoms with van der Waals surface area (Å²) < 4.78 is 3.35. The first-order valence-electron chi connectivity index (χ1n) is 9.02. The van der Waals surface area contributed by atoms with E-state index in [0.29, 0.717) is 11.4 Å². The largest absolute Gasteiger partial charge is 0.481 e. The van der Waals surface area contributed by atoms with Crippen molar-refractivity contribution in [3.8, 4) is 0 Å². The molecule has 0 fully saturated rings. The van der Waals surface area contributed by atoms with Crippen LogP contribution in [0.4, 0.5) is 0 Å². The first kappa shape index (κ1) is 20.0. The summed E-state index contributed by atoms with van der Waals surface area (Å²) in [5.41, 5.74) is 4.70. The number of hydrogen-bond donors (Lipinski definition) is 1. The van der Waals surface area contributed by atoms with E-state index in [1.54, 1.807) is 6.92 Å². The standard InChI is InChI=1S/C22H23BrClNO2/c1-13(14(2)22(26)27)10-19-15(3)25(12-16-4-6-17(23)7-5-16)21-9-8-18(24)11-20(19)21/h4-9,11,13-14H,10,12H2,1-3H3,(H,26,27)/t13-,14+/m1/s1. The summed E-state index contributed by atoms with van der Waals surface area (Å²) in [4.78, 5) is 11.4. The Labute approximate surface area is 173 Å². The predicted octanol–water partition coefficient (Wildman–Crippen LogP) is 6.31. The third kappa shape index (κ3) is 4.22. The fourth-order valence-corrected chi connectivity index (χ4v) is 3.94. The van der Waals surface area contributed by atoms with Gasteiger partial charge in [-0.25, -0.2) is 0 Å². The summed E-state index contributed by atoms with van der Waals surface area (Å²) in [5, 5.41) is 11.2. The van der Waals surface area contributed by atoms with Crippen LogP contribution in [0.5, 0.6) is 0 Å². The zero-order valence-electron chi connectivity index (χ0n) is 15.7. The maximum atomic E-state index is 11.4. The Balaban J connectivity index is 2.05. The lowest BCUT2D eigenvalue weighted by atomic mass is 9.89. The molecule has 0 saturated heterocycles. The molecule has 142 valence electrons. The van der Waals surface area contributed by atoms with Gasteiger partial charge in [0.1, 0.15) is 0 Å². The quantitative estimate of drug-likeness (QED) is 0.480. The highest BCUT2D eigenvalue weighted by Crippen LogP contribution is 2.32. The zero-order chi connectivity index (χ0) is 19.7. The molecule has 0 spiro atoms. The Hall–Kier alpha value is -1.78. The van der Waals surface area contributed by atoms with Crippen molar-refractivity contribution in [2.45, 2.75) is 33.7 Å². The van der Waals surface area contributed by atoms with E-state index in [1.165, 1.54) is 16.8 Å². The second kappa shape index (κ2) is 8.07. The number of rotatable bonds is 6. The first-order valence-corrected chi connectivity index (χ1v) is 10.2. The maximum absolute atomic E-state index is 11.4. The molecule has 0 unspecified atom stereocenters. The zero-order valence-corrected chi connectivity index (χ0v) is 18.0. The van der Waals surface area contributed by atoms with Crippen molar-refractivity contribution < 1.29 is 9.90 Å². The number of carbonyl (C=O) groups is 1. The lowest BCUT2D eigenvalue weighted by molar-refractivity contribution is -0.142. The van der Waals surface area contributed by atoms with Crippen molar-refractivity contribution in [2.75, 3.05) is 0 Å². The third-order valence-electron chi connectivity index (χ3n) is 5.44. The topological polar surface area (TPSA) is 42.2 Å². The van der Waals surface area contributed by atoms with Gasteiger partial charge in [-0.1, -0.05) is 53.5 Å². The Morgan fingerprint density at radius 3 is 2.48 bits per heavy atom. The number of nitrogens with zero attached hydrogens (tertiary/aromatic N) is 1. The number of carboxylic acid groups (broad SMARTS) is 1. The monoisotopic (exact) mass is 447 g/mol. The molecule has 2 aromatic carbocycles. The Morgan fingerprint density at radius 1 is 1.19 bits per heavy atom. The van der Waals surface area contributed by atoms with Gasteiger partial charge in [0.05, 0.1) is 5.92 Å². The van der Waals surface area contributed by atoms with Gasteiger partial charge in [0.15, 0.2) is 0 Å². The highest BCUT2D eigenvalue weighted by Gasteiger charge is 2.23. The summed E-state index contributed by atoms with van der Waals surface area (Å²) in [6.07, 6.45) is 0.712. The van der Waals surface area contributed by atoms with Crippen molar-refractivity contribution in [1.82, 2.24) is 4.57 Å². The van der Waals surface area contributed by atoms with Crippen LogP contribution in [-0.2, 0) is 17.8 Å². The van der Waals surface area contributed by atoms with Crippen LogP contribution in [0.15, 0.2) is 46.9 Å². The molecule has 3 rings (SSSR count). The molecule has 1 aromatic heterocycles. The Bertz CT molecular complexity index is 978. The van der Waals surface area contributed by atoms with Crippen LogP contribution in [0.3, 0.4) is 0 Å². The SMILES string of the molecule is Cc1c(C[C@@H](C)[C@H](C)C(=O)O)c2cc(Cl)ccc2n1Cc1ccc(Br)cc1. The third-order valence-corrected chi connectivity index (χ3v) is 6.20. The van der Waals surface area contributed by atoms with Crippen molar-refractivity contribution in [2.24, 2.45) is 11.8 Å². The first-order chi connectivity index (χ1) is 12.8. The number of aromatic nitrogens is 1. The molecule has 1 heterocycles. The van der Waals surface area contributed by atoms with E-state index < -0.39 is 11.9 Å². The Morgan fingerprint density at radius 2 is 1.85 bits per heavy atom. The average Bonchev–Trinajstić information content (AvgIpc) is 2.87. The minimum atomic E-state index is -0.753. The van der Waals surface area contributed by atoms with Gasteiger partial charge < -0.3 is 9.67 Å². The van der Waals surface area contributed by atoms with E-state index in [-0.39, 0.29) is 5.92 Å². The summed E-state index contributed by atoms with van der Waals surface area (Å²) in [6.45, 7) is 6.65. The predicted molar refractivity (Wildman–Crippen MR) is 115 cm³/mol. The minimum absolute atomic E-state index is 0.0342. The van der Waals surface area contributed by atoms with E-state index in [4.69, 9.17) is 11.6 Å². The normalized spacial score (nSPS) is 13.7. The highest BCUT2D eigenvalue weighted by molar-refractivity contribution is 9.10. The summed E-state index contributed by atoms with van der Waals surface area (Å²) >= 11 is 9.75. The molecule has 0 saturated carbocycles. The van der Waals surface area contributed by atoms with Crippen LogP contribution in [0.2, 0.25) is 5.02 Å². The summed E-state index contributed by atoms with van der Waals surface area (Å²) in [7, 11) is 0. The minimum Gasteiger partial charge on any atom is -0.481 e. The smallest absolute Gasteiger partial charge is 0.306 e. The Kier molecular flexibility index (Phi) is 5.97. The van der Waals surface area contributed by atoms with Gasteiger partial charge in [-0.2, -0.15) is 0 Å². The van der Waals surface area contributed by atoms with Gasteiger partial charge in [0.2, 0.25) is 0 Å². The molecular formula is C22H23BrClNO2. The van der Waals surface area contributed by atoms with E-state index in [2.05, 4.69) is 45.6 Å². The molecule has 0 radical (unpaired) electrons. The van der Waals surface area contributed by atoms with Gasteiger partial charge in [-0.15, -0.1) is 0 Å². The van der Waals surface area contributed by atoms with Crippen LogP contribution in [0.1, 0.15) is 30.7 Å². The van der Waals surface area contributed by atoms with E-state index in [1.807, 2.05) is 31.2 Å². The van der Waals surface area contributed by atoms with Crippen LogP contribution in [0, 0.1) is 18.8 Å². The second-order valence-corrected chi connectivity index (χ2v) is 8.60. The van der Waals surface area contributed by atoms with Crippen molar-refractivity contribution in [3.05, 3.63) is 68.8 Å². The summed E-state index contributed by atoms with van der Waals surface area (Å²) in [6, 6.07) is 14.3. The molecule has 27 heavy (non-hydrogen) atoms. The van der Waals surface area contributed by atoms with E-state index in [9.17, 15) is 9.90 Å². The molecule has 3 nitrogen and oxygen atoms in total. The maximum Gasteiger partial charge on any atom is 0.306 e. The number of carboxylic acids is 1. The molecule has 0 aliphatic rings. The molecule has 1 N–H and O–H groups in total. The number of benzene rings is 2. The molecule has 0 aliphatic heterocycles. The van der Waals surface area contributed by atoms with Crippen LogP contribution in [0.25, 0.3) is 10.9 Å². The van der Waals surface area contributed by atoms with Crippen LogP contribution < -0.4 is 0 Å². The van der Waals surface area contributed by atoms with Gasteiger partial charge in [0.25, 0.3) is 0 Å². The van der Waals surface area contributed by atoms with E-state index in [0.717, 1.165) is 21.9 Å². The molecule has 0 bridgehead atoms. The molecule has 0 aliphatic carbocycles. The highest BCUT2D eigenvalue weighted by atomic mass is 79.9. The number of aliphatic carboxylic acids is 1. The molecular weight excluding hydrogens is 426 g/mol. The fraction of sp³-hybridized carbons (Fsp3) is 0.318. The fourth-order valence-electron chi connectivity index (χ4n) is 3.50. The molecule has 0 amide bonds. The van der Waals surface area contributed by atoms with Crippen LogP contribution >= 0.6 is 27.5 Å². The number of hydrogen-bond acceptors (Lipinski definition) is 1. The van der Waals surface area contributed by atoms with Crippen molar-refractivity contribution >= 4 is 44.4 Å². The van der Waals surface area contributed by atoms with Crippen molar-refractivity contribution in [3.63, 3.8) is 0 Å². The number of halogens is 2. The lowest BCUT2D eigenvalue weighted by Gasteiger charge is -2.16. The second-order valence-electron chi connectivity index (χ2n) is 7.25. The average molecular weight is 449 g/mol. The lowest BCUT2D eigenvalue weighted by Crippen LogP contribution is -2.20. The molecule has 2 atom stereocenters.